The first-order valence-corrected chi connectivity index (χ1v) is 4.18. The van der Waals surface area contributed by atoms with Crippen molar-refractivity contribution in [3.05, 3.63) is 11.7 Å². The highest BCUT2D eigenvalue weighted by atomic mass is 35.5. The van der Waals surface area contributed by atoms with Crippen molar-refractivity contribution in [1.82, 2.24) is 10.1 Å². The van der Waals surface area contributed by atoms with Crippen LogP contribution in [0, 0.1) is 0 Å². The van der Waals surface area contributed by atoms with Crippen LogP contribution in [-0.2, 0) is 0 Å². The van der Waals surface area contributed by atoms with Gasteiger partial charge in [-0.3, -0.25) is 0 Å². The number of aromatic nitrogens is 2. The fourth-order valence-electron chi connectivity index (χ4n) is 0.916. The van der Waals surface area contributed by atoms with E-state index in [4.69, 9.17) is 16.1 Å². The quantitative estimate of drug-likeness (QED) is 0.643. The number of halogens is 1. The fraction of sp³-hybridized carbons (Fsp3) is 0.714. The maximum Gasteiger partial charge on any atom is 0.244 e. The van der Waals surface area contributed by atoms with Crippen LogP contribution in [0.1, 0.15) is 42.8 Å². The van der Waals surface area contributed by atoms with Gasteiger partial charge in [-0.1, -0.05) is 5.16 Å². The molecule has 60 valence electrons. The Morgan fingerprint density at radius 1 is 1.64 bits per heavy atom. The second-order valence-corrected chi connectivity index (χ2v) is 3.54. The fourth-order valence-corrected chi connectivity index (χ4v) is 1.00. The second-order valence-electron chi connectivity index (χ2n) is 2.88. The maximum absolute atomic E-state index is 5.75. The highest BCUT2D eigenvalue weighted by Crippen LogP contribution is 2.38. The third kappa shape index (κ3) is 1.38. The van der Waals surface area contributed by atoms with Gasteiger partial charge in [0.05, 0.1) is 0 Å². The van der Waals surface area contributed by atoms with Gasteiger partial charge in [0.2, 0.25) is 5.89 Å². The number of hydrogen-bond acceptors (Lipinski definition) is 3. The van der Waals surface area contributed by atoms with Crippen LogP contribution in [0.2, 0.25) is 0 Å². The Bertz CT molecular complexity index is 238. The normalized spacial score (nSPS) is 20.2. The van der Waals surface area contributed by atoms with Crippen LogP contribution in [0.4, 0.5) is 0 Å². The van der Waals surface area contributed by atoms with E-state index in [1.54, 1.807) is 0 Å². The Hall–Kier alpha value is -0.570. The molecule has 2 rings (SSSR count). The van der Waals surface area contributed by atoms with Crippen LogP contribution < -0.4 is 0 Å². The molecule has 1 aliphatic rings. The minimum absolute atomic E-state index is 0.171. The average Bonchev–Trinajstić information content (AvgIpc) is 2.68. The zero-order valence-corrected chi connectivity index (χ0v) is 7.01. The summed E-state index contributed by atoms with van der Waals surface area (Å²) in [5, 5.41) is 3.66. The number of rotatable bonds is 2. The third-order valence-electron chi connectivity index (χ3n) is 1.74. The molecule has 0 radical (unpaired) electrons. The van der Waals surface area contributed by atoms with Gasteiger partial charge in [-0.05, 0) is 19.8 Å². The molecule has 0 aromatic carbocycles. The molecule has 1 aliphatic carbocycles. The molecule has 11 heavy (non-hydrogen) atoms. The summed E-state index contributed by atoms with van der Waals surface area (Å²) in [7, 11) is 0. The van der Waals surface area contributed by atoms with Gasteiger partial charge in [0.15, 0.2) is 5.82 Å². The summed E-state index contributed by atoms with van der Waals surface area (Å²) in [6.45, 7) is 1.83. The summed E-state index contributed by atoms with van der Waals surface area (Å²) < 4.78 is 4.93. The predicted octanol–water partition coefficient (Wildman–Crippen LogP) is 2.25. The van der Waals surface area contributed by atoms with E-state index in [0.29, 0.717) is 11.8 Å². The van der Waals surface area contributed by atoms with E-state index in [2.05, 4.69) is 10.1 Å². The van der Waals surface area contributed by atoms with Gasteiger partial charge in [-0.15, -0.1) is 11.6 Å². The Kier molecular flexibility index (Phi) is 1.60. The first-order valence-electron chi connectivity index (χ1n) is 3.75. The van der Waals surface area contributed by atoms with Crippen molar-refractivity contribution < 1.29 is 4.52 Å². The van der Waals surface area contributed by atoms with Crippen LogP contribution in [0.5, 0.6) is 0 Å². The molecule has 1 aromatic heterocycles. The molecular weight excluding hydrogens is 164 g/mol. The molecule has 0 unspecified atom stereocenters. The largest absolute Gasteiger partial charge is 0.338 e. The molecule has 0 saturated heterocycles. The molecule has 1 heterocycles. The van der Waals surface area contributed by atoms with E-state index in [0.717, 1.165) is 5.82 Å². The molecular formula is C7H9ClN2O. The van der Waals surface area contributed by atoms with Gasteiger partial charge in [-0.2, -0.15) is 4.98 Å². The lowest BCUT2D eigenvalue weighted by molar-refractivity contribution is 0.373. The van der Waals surface area contributed by atoms with Crippen molar-refractivity contribution >= 4 is 11.6 Å². The molecule has 0 N–H and O–H groups in total. The van der Waals surface area contributed by atoms with Gasteiger partial charge in [0.1, 0.15) is 5.38 Å². The minimum atomic E-state index is -0.171. The van der Waals surface area contributed by atoms with Crippen molar-refractivity contribution in [2.75, 3.05) is 0 Å². The summed E-state index contributed by atoms with van der Waals surface area (Å²) in [5.74, 6) is 1.91. The van der Waals surface area contributed by atoms with Gasteiger partial charge in [0.25, 0.3) is 0 Å². The zero-order chi connectivity index (χ0) is 7.84. The molecule has 0 bridgehead atoms. The first-order chi connectivity index (χ1) is 5.27. The number of nitrogens with zero attached hydrogens (tertiary/aromatic N) is 2. The molecule has 1 fully saturated rings. The van der Waals surface area contributed by atoms with E-state index in [1.165, 1.54) is 12.8 Å². The number of hydrogen-bond donors (Lipinski definition) is 0. The van der Waals surface area contributed by atoms with Crippen LogP contribution in [0.15, 0.2) is 4.52 Å². The minimum Gasteiger partial charge on any atom is -0.338 e. The third-order valence-corrected chi connectivity index (χ3v) is 1.93. The molecule has 0 spiro atoms. The first kappa shape index (κ1) is 7.10. The average molecular weight is 173 g/mol. The van der Waals surface area contributed by atoms with Gasteiger partial charge in [0, 0.05) is 5.92 Å². The lowest BCUT2D eigenvalue weighted by Crippen LogP contribution is -1.85. The van der Waals surface area contributed by atoms with Crippen molar-refractivity contribution in [2.24, 2.45) is 0 Å². The van der Waals surface area contributed by atoms with Crippen LogP contribution in [-0.4, -0.2) is 10.1 Å². The summed E-state index contributed by atoms with van der Waals surface area (Å²) in [5.41, 5.74) is 0. The summed E-state index contributed by atoms with van der Waals surface area (Å²) in [6, 6.07) is 0. The Morgan fingerprint density at radius 2 is 2.36 bits per heavy atom. The van der Waals surface area contributed by atoms with Crippen LogP contribution in [0.25, 0.3) is 0 Å². The summed E-state index contributed by atoms with van der Waals surface area (Å²) in [6.07, 6.45) is 2.38. The molecule has 1 atom stereocenters. The highest BCUT2D eigenvalue weighted by molar-refractivity contribution is 6.20. The molecule has 0 amide bonds. The van der Waals surface area contributed by atoms with E-state index in [-0.39, 0.29) is 5.38 Å². The van der Waals surface area contributed by atoms with E-state index >= 15 is 0 Å². The van der Waals surface area contributed by atoms with Crippen molar-refractivity contribution in [2.45, 2.75) is 31.1 Å². The molecule has 0 aliphatic heterocycles. The van der Waals surface area contributed by atoms with Crippen molar-refractivity contribution in [3.63, 3.8) is 0 Å². The Labute approximate surface area is 69.7 Å². The molecule has 4 heteroatoms. The van der Waals surface area contributed by atoms with Crippen LogP contribution in [0.3, 0.4) is 0 Å². The van der Waals surface area contributed by atoms with Crippen molar-refractivity contribution in [3.8, 4) is 0 Å². The maximum atomic E-state index is 5.75. The molecule has 1 aromatic rings. The lowest BCUT2D eigenvalue weighted by Gasteiger charge is -1.89. The van der Waals surface area contributed by atoms with Crippen LogP contribution >= 0.6 is 11.6 Å². The Morgan fingerprint density at radius 3 is 2.82 bits per heavy atom. The van der Waals surface area contributed by atoms with E-state index in [1.807, 2.05) is 6.92 Å². The second kappa shape index (κ2) is 2.48. The topological polar surface area (TPSA) is 38.9 Å². The summed E-state index contributed by atoms with van der Waals surface area (Å²) >= 11 is 5.75. The zero-order valence-electron chi connectivity index (χ0n) is 6.25. The Balaban J connectivity index is 2.18. The van der Waals surface area contributed by atoms with Gasteiger partial charge in [-0.25, -0.2) is 0 Å². The molecule has 1 saturated carbocycles. The predicted molar refractivity (Wildman–Crippen MR) is 40.5 cm³/mol. The van der Waals surface area contributed by atoms with Gasteiger partial charge < -0.3 is 4.52 Å². The smallest absolute Gasteiger partial charge is 0.244 e. The molecule has 3 nitrogen and oxygen atoms in total. The van der Waals surface area contributed by atoms with E-state index < -0.39 is 0 Å². The standard InChI is InChI=1S/C7H9ClN2O/c1-4(8)7-9-6(10-11-7)5-2-3-5/h4-5H,2-3H2,1H3/t4-/m1/s1. The van der Waals surface area contributed by atoms with Gasteiger partial charge >= 0.3 is 0 Å². The van der Waals surface area contributed by atoms with E-state index in [9.17, 15) is 0 Å². The number of alkyl halides is 1. The van der Waals surface area contributed by atoms with Crippen molar-refractivity contribution in [1.29, 1.82) is 0 Å². The summed E-state index contributed by atoms with van der Waals surface area (Å²) in [4.78, 5) is 4.16. The SMILES string of the molecule is C[C@@H](Cl)c1nc(C2CC2)no1. The highest BCUT2D eigenvalue weighted by Gasteiger charge is 2.29. The lowest BCUT2D eigenvalue weighted by atomic mass is 10.4. The monoisotopic (exact) mass is 172 g/mol.